The second kappa shape index (κ2) is 11.0. The summed E-state index contributed by atoms with van der Waals surface area (Å²) in [5.41, 5.74) is 0.0864. The summed E-state index contributed by atoms with van der Waals surface area (Å²) in [7, 11) is -4.23. The molecule has 2 aromatic carbocycles. The number of halogens is 2. The minimum absolute atomic E-state index is 0.0840. The first-order valence-corrected chi connectivity index (χ1v) is 12.1. The summed E-state index contributed by atoms with van der Waals surface area (Å²) in [6, 6.07) is 6.59. The van der Waals surface area contributed by atoms with Crippen LogP contribution in [0.15, 0.2) is 41.3 Å². The Morgan fingerprint density at radius 3 is 2.45 bits per heavy atom. The van der Waals surface area contributed by atoms with Crippen LogP contribution < -0.4 is 0 Å². The highest BCUT2D eigenvalue weighted by Gasteiger charge is 2.35. The zero-order valence-electron chi connectivity index (χ0n) is 18.7. The van der Waals surface area contributed by atoms with Crippen molar-refractivity contribution in [1.82, 2.24) is 4.31 Å². The van der Waals surface area contributed by atoms with E-state index in [0.717, 1.165) is 16.4 Å². The van der Waals surface area contributed by atoms with Crippen LogP contribution in [0.25, 0.3) is 0 Å². The number of ether oxygens (including phenoxy) is 1. The molecule has 0 amide bonds. The van der Waals surface area contributed by atoms with Crippen LogP contribution in [0.5, 0.6) is 0 Å². The van der Waals surface area contributed by atoms with Crippen LogP contribution in [0.1, 0.15) is 38.3 Å². The van der Waals surface area contributed by atoms with Gasteiger partial charge in [0.1, 0.15) is 10.8 Å². The van der Waals surface area contributed by atoms with Crippen molar-refractivity contribution >= 4 is 33.3 Å². The third kappa shape index (κ3) is 6.49. The number of carbonyl (C=O) groups is 1. The molecule has 0 unspecified atom stereocenters. The number of nitrogens with zero attached hydrogens (tertiary/aromatic N) is 2. The van der Waals surface area contributed by atoms with Crippen molar-refractivity contribution in [3.8, 4) is 0 Å². The third-order valence-electron chi connectivity index (χ3n) is 5.10. The first kappa shape index (κ1) is 26.7. The largest absolute Gasteiger partial charge is 0.466 e. The number of nitro benzene ring substituents is 1. The van der Waals surface area contributed by atoms with Gasteiger partial charge in [0.15, 0.2) is 0 Å². The van der Waals surface area contributed by atoms with Crippen molar-refractivity contribution in [3.05, 3.63) is 68.5 Å². The summed E-state index contributed by atoms with van der Waals surface area (Å²) in [6.45, 7) is 6.47. The second-order valence-corrected chi connectivity index (χ2v) is 10.1. The highest BCUT2D eigenvalue weighted by molar-refractivity contribution is 7.89. The Bertz CT molecular complexity index is 1140. The standard InChI is InChI=1S/C22H26ClFN2O6S/c1-5-32-22(27)12-20(14(2)3)25(13-16-6-8-18(23)21(11-16)26(28)29)33(30,31)17-7-9-19(24)15(4)10-17/h6-11,14,20H,5,12-13H2,1-4H3/t20-/m1/s1. The number of sulfonamides is 1. The molecule has 0 fully saturated rings. The average molecular weight is 501 g/mol. The molecule has 0 aliphatic heterocycles. The van der Waals surface area contributed by atoms with Crippen LogP contribution >= 0.6 is 11.6 Å². The van der Waals surface area contributed by atoms with Gasteiger partial charge in [0.05, 0.1) is 22.8 Å². The minimum Gasteiger partial charge on any atom is -0.466 e. The molecule has 0 saturated heterocycles. The first-order valence-electron chi connectivity index (χ1n) is 10.2. The van der Waals surface area contributed by atoms with Crippen molar-refractivity contribution in [1.29, 1.82) is 0 Å². The fraction of sp³-hybridized carbons (Fsp3) is 0.409. The van der Waals surface area contributed by atoms with Gasteiger partial charge in [0, 0.05) is 18.7 Å². The highest BCUT2D eigenvalue weighted by atomic mass is 35.5. The molecule has 0 saturated carbocycles. The summed E-state index contributed by atoms with van der Waals surface area (Å²) in [6.07, 6.45) is -0.222. The Hall–Kier alpha value is -2.56. The molecule has 2 rings (SSSR count). The Morgan fingerprint density at radius 2 is 1.91 bits per heavy atom. The summed E-state index contributed by atoms with van der Waals surface area (Å²) >= 11 is 5.89. The lowest BCUT2D eigenvalue weighted by Crippen LogP contribution is -2.44. The van der Waals surface area contributed by atoms with Gasteiger partial charge in [0.2, 0.25) is 10.0 Å². The van der Waals surface area contributed by atoms with Crippen molar-refractivity contribution in [2.75, 3.05) is 6.61 Å². The van der Waals surface area contributed by atoms with E-state index in [4.69, 9.17) is 16.3 Å². The van der Waals surface area contributed by atoms with Crippen LogP contribution in [0.4, 0.5) is 10.1 Å². The summed E-state index contributed by atoms with van der Waals surface area (Å²) in [5.74, 6) is -1.44. The Kier molecular flexibility index (Phi) is 8.93. The quantitative estimate of drug-likeness (QED) is 0.262. The summed E-state index contributed by atoms with van der Waals surface area (Å²) in [4.78, 5) is 22.8. The summed E-state index contributed by atoms with van der Waals surface area (Å²) < 4.78 is 47.2. The van der Waals surface area contributed by atoms with E-state index in [1.165, 1.54) is 31.2 Å². The van der Waals surface area contributed by atoms with Crippen LogP contribution in [-0.4, -0.2) is 36.3 Å². The smallest absolute Gasteiger partial charge is 0.307 e. The number of esters is 1. The lowest BCUT2D eigenvalue weighted by molar-refractivity contribution is -0.384. The Morgan fingerprint density at radius 1 is 1.24 bits per heavy atom. The van der Waals surface area contributed by atoms with Crippen LogP contribution in [0.3, 0.4) is 0 Å². The van der Waals surface area contributed by atoms with Crippen molar-refractivity contribution in [2.45, 2.75) is 51.6 Å². The second-order valence-electron chi connectivity index (χ2n) is 7.82. The van der Waals surface area contributed by atoms with E-state index in [2.05, 4.69) is 0 Å². The molecule has 0 radical (unpaired) electrons. The van der Waals surface area contributed by atoms with Crippen LogP contribution in [0.2, 0.25) is 5.02 Å². The predicted octanol–water partition coefficient (Wildman–Crippen LogP) is 4.86. The molecule has 0 aliphatic rings. The van der Waals surface area contributed by atoms with E-state index in [9.17, 15) is 27.7 Å². The molecule has 2 aromatic rings. The third-order valence-corrected chi connectivity index (χ3v) is 7.29. The molecule has 33 heavy (non-hydrogen) atoms. The van der Waals surface area contributed by atoms with Gasteiger partial charge in [0.25, 0.3) is 5.69 Å². The van der Waals surface area contributed by atoms with Gasteiger partial charge in [-0.3, -0.25) is 14.9 Å². The Labute approximate surface area is 197 Å². The molecular formula is C22H26ClFN2O6S. The van der Waals surface area contributed by atoms with Crippen molar-refractivity contribution < 1.29 is 27.3 Å². The van der Waals surface area contributed by atoms with Crippen LogP contribution in [-0.2, 0) is 26.1 Å². The van der Waals surface area contributed by atoms with Gasteiger partial charge in [-0.05, 0) is 55.2 Å². The monoisotopic (exact) mass is 500 g/mol. The molecular weight excluding hydrogens is 475 g/mol. The van der Waals surface area contributed by atoms with E-state index in [-0.39, 0.29) is 46.7 Å². The molecule has 0 N–H and O–H groups in total. The van der Waals surface area contributed by atoms with Gasteiger partial charge in [-0.2, -0.15) is 4.31 Å². The van der Waals surface area contributed by atoms with E-state index < -0.39 is 32.8 Å². The number of hydrogen-bond donors (Lipinski definition) is 0. The lowest BCUT2D eigenvalue weighted by atomic mass is 10.0. The van der Waals surface area contributed by atoms with Gasteiger partial charge in [-0.15, -0.1) is 0 Å². The van der Waals surface area contributed by atoms with Gasteiger partial charge < -0.3 is 4.74 Å². The SMILES string of the molecule is CCOC(=O)C[C@H](C(C)C)N(Cc1ccc(Cl)c([N+](=O)[O-])c1)S(=O)(=O)c1ccc(F)c(C)c1. The molecule has 0 spiro atoms. The van der Waals surface area contributed by atoms with E-state index in [1.807, 2.05) is 0 Å². The number of hydrogen-bond acceptors (Lipinski definition) is 6. The van der Waals surface area contributed by atoms with E-state index >= 15 is 0 Å². The number of rotatable bonds is 10. The van der Waals surface area contributed by atoms with Gasteiger partial charge in [-0.1, -0.05) is 31.5 Å². The molecule has 180 valence electrons. The molecule has 0 heterocycles. The Balaban J connectivity index is 2.61. The highest BCUT2D eigenvalue weighted by Crippen LogP contribution is 2.30. The number of benzene rings is 2. The van der Waals surface area contributed by atoms with Crippen molar-refractivity contribution in [3.63, 3.8) is 0 Å². The fourth-order valence-electron chi connectivity index (χ4n) is 3.33. The topological polar surface area (TPSA) is 107 Å². The number of carbonyl (C=O) groups excluding carboxylic acids is 1. The van der Waals surface area contributed by atoms with Crippen LogP contribution in [0, 0.1) is 28.8 Å². The number of nitro groups is 1. The normalized spacial score (nSPS) is 12.7. The zero-order valence-corrected chi connectivity index (χ0v) is 20.3. The average Bonchev–Trinajstić information content (AvgIpc) is 2.73. The lowest BCUT2D eigenvalue weighted by Gasteiger charge is -2.33. The van der Waals surface area contributed by atoms with E-state index in [1.54, 1.807) is 20.8 Å². The maximum Gasteiger partial charge on any atom is 0.307 e. The molecule has 0 bridgehead atoms. The minimum atomic E-state index is -4.23. The van der Waals surface area contributed by atoms with Gasteiger partial charge in [-0.25, -0.2) is 12.8 Å². The number of aryl methyl sites for hydroxylation is 1. The molecule has 0 aliphatic carbocycles. The fourth-order valence-corrected chi connectivity index (χ4v) is 5.35. The van der Waals surface area contributed by atoms with Crippen molar-refractivity contribution in [2.24, 2.45) is 5.92 Å². The molecule has 1 atom stereocenters. The van der Waals surface area contributed by atoms with Gasteiger partial charge >= 0.3 is 5.97 Å². The maximum absolute atomic E-state index is 13.8. The first-order chi connectivity index (χ1) is 15.4. The summed E-state index contributed by atoms with van der Waals surface area (Å²) in [5, 5.41) is 11.2. The zero-order chi connectivity index (χ0) is 24.9. The molecule has 8 nitrogen and oxygen atoms in total. The predicted molar refractivity (Wildman–Crippen MR) is 122 cm³/mol. The van der Waals surface area contributed by atoms with E-state index in [0.29, 0.717) is 5.56 Å². The maximum atomic E-state index is 13.8. The molecule has 11 heteroatoms. The molecule has 0 aromatic heterocycles.